The third kappa shape index (κ3) is 1.93. The molecular weight excluding hydrogens is 198 g/mol. The second-order valence-corrected chi connectivity index (χ2v) is 6.34. The first-order valence-corrected chi connectivity index (χ1v) is 6.79. The van der Waals surface area contributed by atoms with Gasteiger partial charge >= 0.3 is 0 Å². The van der Waals surface area contributed by atoms with Crippen molar-refractivity contribution in [1.82, 2.24) is 0 Å². The van der Waals surface area contributed by atoms with Crippen LogP contribution in [0.5, 0.6) is 0 Å². The van der Waals surface area contributed by atoms with E-state index in [9.17, 15) is 0 Å². The second kappa shape index (κ2) is 4.15. The Balaban J connectivity index is 1.66. The molecule has 2 nitrogen and oxygen atoms in total. The summed E-state index contributed by atoms with van der Waals surface area (Å²) in [6, 6.07) is 0. The number of rotatable bonds is 4. The fourth-order valence-electron chi connectivity index (χ4n) is 4.85. The molecule has 0 spiro atoms. The van der Waals surface area contributed by atoms with E-state index in [0.717, 1.165) is 24.2 Å². The summed E-state index contributed by atoms with van der Waals surface area (Å²) in [5.41, 5.74) is 0.573. The molecular formula is C14H23NO. The van der Waals surface area contributed by atoms with Crippen LogP contribution in [-0.4, -0.2) is 6.61 Å². The van der Waals surface area contributed by atoms with E-state index in [2.05, 4.69) is 17.0 Å². The van der Waals surface area contributed by atoms with Crippen molar-refractivity contribution < 1.29 is 4.84 Å². The Morgan fingerprint density at radius 3 is 2.12 bits per heavy atom. The molecule has 4 rings (SSSR count). The molecule has 0 aliphatic heterocycles. The van der Waals surface area contributed by atoms with Crippen LogP contribution in [0.3, 0.4) is 0 Å². The molecule has 4 fully saturated rings. The summed E-state index contributed by atoms with van der Waals surface area (Å²) >= 11 is 0. The van der Waals surface area contributed by atoms with Gasteiger partial charge in [-0.05, 0) is 68.1 Å². The van der Waals surface area contributed by atoms with Gasteiger partial charge in [-0.25, -0.2) is 5.90 Å². The first kappa shape index (κ1) is 10.8. The average molecular weight is 221 g/mol. The predicted molar refractivity (Wildman–Crippen MR) is 64.5 cm³/mol. The molecule has 4 bridgehead atoms. The van der Waals surface area contributed by atoms with E-state index in [0.29, 0.717) is 12.0 Å². The SMILES string of the molecule is NOCC/C=C/C12CC3CC(CC(C3)C1)C2. The lowest BCUT2D eigenvalue weighted by Gasteiger charge is -2.55. The van der Waals surface area contributed by atoms with Gasteiger partial charge in [0, 0.05) is 0 Å². The van der Waals surface area contributed by atoms with Gasteiger partial charge in [0.25, 0.3) is 0 Å². The standard InChI is InChI=1S/C14H23NO/c15-16-4-2-1-3-14-8-11-5-12(9-14)7-13(6-11)10-14/h1,3,11-13H,2,4-10,15H2/b3-1+. The van der Waals surface area contributed by atoms with Gasteiger partial charge in [-0.3, -0.25) is 0 Å². The molecule has 4 saturated carbocycles. The molecule has 0 amide bonds. The molecule has 0 aromatic heterocycles. The highest BCUT2D eigenvalue weighted by molar-refractivity contribution is 5.10. The van der Waals surface area contributed by atoms with Gasteiger partial charge in [0.1, 0.15) is 0 Å². The van der Waals surface area contributed by atoms with Crippen molar-refractivity contribution in [3.8, 4) is 0 Å². The van der Waals surface area contributed by atoms with Crippen LogP contribution in [0.1, 0.15) is 44.9 Å². The van der Waals surface area contributed by atoms with Crippen molar-refractivity contribution in [3.63, 3.8) is 0 Å². The Morgan fingerprint density at radius 2 is 1.62 bits per heavy atom. The maximum absolute atomic E-state index is 5.04. The summed E-state index contributed by atoms with van der Waals surface area (Å²) in [6.45, 7) is 0.656. The fourth-order valence-corrected chi connectivity index (χ4v) is 4.85. The van der Waals surface area contributed by atoms with Crippen molar-refractivity contribution >= 4 is 0 Å². The quantitative estimate of drug-likeness (QED) is 0.450. The van der Waals surface area contributed by atoms with Crippen LogP contribution in [0.25, 0.3) is 0 Å². The summed E-state index contributed by atoms with van der Waals surface area (Å²) in [7, 11) is 0. The van der Waals surface area contributed by atoms with E-state index < -0.39 is 0 Å². The van der Waals surface area contributed by atoms with Gasteiger partial charge in [0.05, 0.1) is 6.61 Å². The van der Waals surface area contributed by atoms with Gasteiger partial charge in [-0.2, -0.15) is 0 Å². The van der Waals surface area contributed by atoms with Gasteiger partial charge in [0.2, 0.25) is 0 Å². The number of nitrogens with two attached hydrogens (primary N) is 1. The van der Waals surface area contributed by atoms with Crippen molar-refractivity contribution in [2.24, 2.45) is 29.1 Å². The first-order valence-electron chi connectivity index (χ1n) is 6.79. The number of allylic oxidation sites excluding steroid dienone is 1. The Hall–Kier alpha value is -0.340. The molecule has 4 aliphatic carbocycles. The summed E-state index contributed by atoms with van der Waals surface area (Å²) in [6.07, 6.45) is 14.7. The van der Waals surface area contributed by atoms with Crippen molar-refractivity contribution in [3.05, 3.63) is 12.2 Å². The number of hydrogen-bond donors (Lipinski definition) is 1. The Kier molecular flexibility index (Phi) is 2.80. The van der Waals surface area contributed by atoms with Gasteiger partial charge in [-0.15, -0.1) is 0 Å². The molecule has 4 aliphatic rings. The smallest absolute Gasteiger partial charge is 0.0713 e. The molecule has 0 saturated heterocycles. The van der Waals surface area contributed by atoms with E-state index in [1.165, 1.54) is 38.5 Å². The normalized spacial score (nSPS) is 45.7. The highest BCUT2D eigenvalue weighted by Crippen LogP contribution is 2.60. The molecule has 0 aromatic rings. The third-order valence-electron chi connectivity index (χ3n) is 4.96. The first-order chi connectivity index (χ1) is 7.80. The molecule has 0 atom stereocenters. The molecule has 2 N–H and O–H groups in total. The highest BCUT2D eigenvalue weighted by atomic mass is 16.6. The highest BCUT2D eigenvalue weighted by Gasteiger charge is 2.49. The maximum atomic E-state index is 5.04. The van der Waals surface area contributed by atoms with Crippen molar-refractivity contribution in [1.29, 1.82) is 0 Å². The summed E-state index contributed by atoms with van der Waals surface area (Å²) in [4.78, 5) is 4.61. The van der Waals surface area contributed by atoms with Crippen molar-refractivity contribution in [2.45, 2.75) is 44.9 Å². The van der Waals surface area contributed by atoms with Crippen LogP contribution in [-0.2, 0) is 4.84 Å². The zero-order valence-corrected chi connectivity index (χ0v) is 10.0. The van der Waals surface area contributed by atoms with E-state index in [-0.39, 0.29) is 0 Å². The van der Waals surface area contributed by atoms with Crippen LogP contribution in [0.4, 0.5) is 0 Å². The summed E-state index contributed by atoms with van der Waals surface area (Å²) in [5.74, 6) is 8.17. The fraction of sp³-hybridized carbons (Fsp3) is 0.857. The maximum Gasteiger partial charge on any atom is 0.0713 e. The van der Waals surface area contributed by atoms with Gasteiger partial charge < -0.3 is 4.84 Å². The largest absolute Gasteiger partial charge is 0.304 e. The molecule has 0 radical (unpaired) electrons. The molecule has 0 aromatic carbocycles. The Morgan fingerprint density at radius 1 is 1.06 bits per heavy atom. The third-order valence-corrected chi connectivity index (χ3v) is 4.96. The van der Waals surface area contributed by atoms with Crippen LogP contribution < -0.4 is 5.90 Å². The lowest BCUT2D eigenvalue weighted by atomic mass is 9.49. The van der Waals surface area contributed by atoms with E-state index >= 15 is 0 Å². The van der Waals surface area contributed by atoms with Crippen LogP contribution >= 0.6 is 0 Å². The van der Waals surface area contributed by atoms with Crippen LogP contribution in [0.2, 0.25) is 0 Å². The van der Waals surface area contributed by atoms with E-state index in [4.69, 9.17) is 5.90 Å². The lowest BCUT2D eigenvalue weighted by molar-refractivity contribution is -0.0239. The van der Waals surface area contributed by atoms with E-state index in [1.54, 1.807) is 0 Å². The zero-order valence-electron chi connectivity index (χ0n) is 10.0. The molecule has 16 heavy (non-hydrogen) atoms. The van der Waals surface area contributed by atoms with Crippen molar-refractivity contribution in [2.75, 3.05) is 6.61 Å². The average Bonchev–Trinajstić information content (AvgIpc) is 2.22. The number of hydrogen-bond acceptors (Lipinski definition) is 2. The topological polar surface area (TPSA) is 35.2 Å². The Bertz CT molecular complexity index is 249. The summed E-state index contributed by atoms with van der Waals surface area (Å²) < 4.78 is 0. The minimum Gasteiger partial charge on any atom is -0.304 e. The molecule has 0 heterocycles. The molecule has 0 unspecified atom stereocenters. The minimum absolute atomic E-state index is 0.573. The minimum atomic E-state index is 0.573. The van der Waals surface area contributed by atoms with Gasteiger partial charge in [-0.1, -0.05) is 12.2 Å². The van der Waals surface area contributed by atoms with Crippen LogP contribution in [0, 0.1) is 23.2 Å². The van der Waals surface area contributed by atoms with Gasteiger partial charge in [0.15, 0.2) is 0 Å². The Labute approximate surface area is 98.2 Å². The summed E-state index contributed by atoms with van der Waals surface area (Å²) in [5, 5.41) is 0. The molecule has 2 heteroatoms. The lowest BCUT2D eigenvalue weighted by Crippen LogP contribution is -2.44. The predicted octanol–water partition coefficient (Wildman–Crippen LogP) is 3.04. The van der Waals surface area contributed by atoms with E-state index in [1.807, 2.05) is 0 Å². The zero-order chi connectivity index (χ0) is 11.0. The monoisotopic (exact) mass is 221 g/mol. The molecule has 90 valence electrons. The van der Waals surface area contributed by atoms with Crippen LogP contribution in [0.15, 0.2) is 12.2 Å². The second-order valence-electron chi connectivity index (χ2n) is 6.34.